The van der Waals surface area contributed by atoms with Crippen LogP contribution in [0, 0.1) is 17.5 Å². The Morgan fingerprint density at radius 1 is 1.05 bits per heavy atom. The van der Waals surface area contributed by atoms with E-state index in [9.17, 15) is 13.2 Å². The molecule has 0 N–H and O–H groups in total. The molecular formula is C15H15F3O. The minimum Gasteiger partial charge on any atom is -0.493 e. The molecular weight excluding hydrogens is 253 g/mol. The van der Waals surface area contributed by atoms with Gasteiger partial charge < -0.3 is 4.74 Å². The Morgan fingerprint density at radius 3 is 2.32 bits per heavy atom. The van der Waals surface area contributed by atoms with Crippen LogP contribution in [0.15, 0.2) is 18.2 Å². The normalized spacial score (nSPS) is 14.9. The highest BCUT2D eigenvalue weighted by atomic mass is 19.2. The van der Waals surface area contributed by atoms with E-state index in [4.69, 9.17) is 4.11 Å². The molecule has 0 spiro atoms. The molecule has 1 nitrogen and oxygen atoms in total. The van der Waals surface area contributed by atoms with Crippen molar-refractivity contribution in [3.63, 3.8) is 0 Å². The van der Waals surface area contributed by atoms with Crippen LogP contribution in [0.25, 0.3) is 10.8 Å². The van der Waals surface area contributed by atoms with Gasteiger partial charge >= 0.3 is 0 Å². The van der Waals surface area contributed by atoms with E-state index in [0.717, 1.165) is 0 Å². The first-order valence-corrected chi connectivity index (χ1v) is 5.72. The van der Waals surface area contributed by atoms with Gasteiger partial charge in [0.25, 0.3) is 0 Å². The molecule has 0 saturated heterocycles. The molecule has 0 fully saturated rings. The van der Waals surface area contributed by atoms with Crippen LogP contribution in [0.2, 0.25) is 0 Å². The van der Waals surface area contributed by atoms with Crippen molar-refractivity contribution < 1.29 is 22.0 Å². The number of halogens is 3. The van der Waals surface area contributed by atoms with Gasteiger partial charge in [0, 0.05) is 10.8 Å². The largest absolute Gasteiger partial charge is 0.493 e. The molecule has 0 heterocycles. The second-order valence-corrected chi connectivity index (χ2v) is 5.35. The first kappa shape index (κ1) is 10.1. The fraction of sp³-hybridized carbons (Fsp3) is 0.333. The number of rotatable bonds is 1. The van der Waals surface area contributed by atoms with E-state index in [2.05, 4.69) is 4.74 Å². The molecule has 2 aromatic carbocycles. The number of methoxy groups -OCH3 is 1. The smallest absolute Gasteiger partial charge is 0.204 e. The molecule has 0 unspecified atom stereocenters. The van der Waals surface area contributed by atoms with Crippen molar-refractivity contribution in [2.75, 3.05) is 7.04 Å². The van der Waals surface area contributed by atoms with Gasteiger partial charge in [-0.25, -0.2) is 8.78 Å². The average molecular weight is 271 g/mol. The zero-order chi connectivity index (χ0) is 16.9. The van der Waals surface area contributed by atoms with Crippen LogP contribution in [0.1, 0.15) is 30.4 Å². The van der Waals surface area contributed by atoms with E-state index in [1.165, 1.54) is 12.1 Å². The van der Waals surface area contributed by atoms with Gasteiger partial charge in [-0.05, 0) is 11.0 Å². The molecule has 0 atom stereocenters. The van der Waals surface area contributed by atoms with E-state index < -0.39 is 35.7 Å². The van der Waals surface area contributed by atoms with Gasteiger partial charge in [-0.15, -0.1) is 0 Å². The van der Waals surface area contributed by atoms with E-state index >= 15 is 0 Å². The summed E-state index contributed by atoms with van der Waals surface area (Å²) in [7, 11) is -2.98. The highest BCUT2D eigenvalue weighted by Gasteiger charge is 2.26. The predicted molar refractivity (Wildman–Crippen MR) is 69.1 cm³/mol. The maximum absolute atomic E-state index is 14.1. The van der Waals surface area contributed by atoms with E-state index in [1.807, 2.05) is 0 Å². The Labute approximate surface area is 114 Å². The van der Waals surface area contributed by atoms with Crippen LogP contribution in [0.4, 0.5) is 13.2 Å². The molecule has 4 heteroatoms. The van der Waals surface area contributed by atoms with Crippen molar-refractivity contribution >= 4 is 10.8 Å². The second-order valence-electron chi connectivity index (χ2n) is 5.35. The third-order valence-corrected chi connectivity index (χ3v) is 3.02. The average Bonchev–Trinajstić information content (AvgIpc) is 2.38. The lowest BCUT2D eigenvalue weighted by Gasteiger charge is -2.23. The summed E-state index contributed by atoms with van der Waals surface area (Å²) < 4.78 is 67.8. The van der Waals surface area contributed by atoms with E-state index in [1.54, 1.807) is 26.8 Å². The maximum atomic E-state index is 14.1. The molecule has 0 amide bonds. The van der Waals surface area contributed by atoms with Crippen LogP contribution in [0.3, 0.4) is 0 Å². The van der Waals surface area contributed by atoms with Crippen molar-refractivity contribution in [1.82, 2.24) is 0 Å². The molecule has 0 saturated carbocycles. The SMILES string of the molecule is [2H]C([2H])([2H])Oc1c(F)c(F)c(F)c2cccc(C(C)(C)C)c12. The Bertz CT molecular complexity index is 734. The number of hydrogen-bond acceptors (Lipinski definition) is 1. The third kappa shape index (κ3) is 2.05. The highest BCUT2D eigenvalue weighted by Crippen LogP contribution is 2.39. The van der Waals surface area contributed by atoms with Crippen molar-refractivity contribution in [2.24, 2.45) is 0 Å². The number of hydrogen-bond donors (Lipinski definition) is 0. The number of fused-ring (bicyclic) bond motifs is 1. The summed E-state index contributed by atoms with van der Waals surface area (Å²) in [6.45, 7) is 5.38. The van der Waals surface area contributed by atoms with Crippen molar-refractivity contribution in [3.05, 3.63) is 41.2 Å². The highest BCUT2D eigenvalue weighted by molar-refractivity contribution is 5.93. The third-order valence-electron chi connectivity index (χ3n) is 3.02. The van der Waals surface area contributed by atoms with Gasteiger partial charge in [-0.3, -0.25) is 0 Å². The fourth-order valence-corrected chi connectivity index (χ4v) is 2.12. The summed E-state index contributed by atoms with van der Waals surface area (Å²) in [4.78, 5) is 0. The van der Waals surface area contributed by atoms with Gasteiger partial charge in [0.2, 0.25) is 5.82 Å². The van der Waals surface area contributed by atoms with E-state index in [0.29, 0.717) is 5.56 Å². The summed E-state index contributed by atoms with van der Waals surface area (Å²) in [5.74, 6) is -5.55. The molecule has 19 heavy (non-hydrogen) atoms. The molecule has 0 aliphatic heterocycles. The minimum atomic E-state index is -2.98. The fourth-order valence-electron chi connectivity index (χ4n) is 2.12. The van der Waals surface area contributed by atoms with Crippen molar-refractivity contribution in [1.29, 1.82) is 0 Å². The Kier molecular flexibility index (Phi) is 2.36. The summed E-state index contributed by atoms with van der Waals surface area (Å²) in [5, 5.41) is -0.284. The number of benzene rings is 2. The van der Waals surface area contributed by atoms with Crippen LogP contribution >= 0.6 is 0 Å². The second kappa shape index (κ2) is 4.44. The minimum absolute atomic E-state index is 0.0671. The monoisotopic (exact) mass is 271 g/mol. The lowest BCUT2D eigenvalue weighted by Crippen LogP contribution is -2.13. The molecule has 102 valence electrons. The van der Waals surface area contributed by atoms with Crippen molar-refractivity contribution in [3.8, 4) is 5.75 Å². The lowest BCUT2D eigenvalue weighted by molar-refractivity contribution is 0.366. The molecule has 0 aliphatic carbocycles. The Balaban J connectivity index is 2.97. The molecule has 2 rings (SSSR count). The zero-order valence-corrected chi connectivity index (χ0v) is 10.8. The van der Waals surface area contributed by atoms with Crippen LogP contribution < -0.4 is 4.74 Å². The maximum Gasteiger partial charge on any atom is 0.204 e. The molecule has 2 aromatic rings. The van der Waals surface area contributed by atoms with Crippen LogP contribution in [-0.2, 0) is 5.41 Å². The van der Waals surface area contributed by atoms with Crippen LogP contribution in [0.5, 0.6) is 5.75 Å². The summed E-state index contributed by atoms with van der Waals surface area (Å²) >= 11 is 0. The van der Waals surface area contributed by atoms with Crippen molar-refractivity contribution in [2.45, 2.75) is 26.2 Å². The Morgan fingerprint density at radius 2 is 1.74 bits per heavy atom. The Hall–Kier alpha value is -1.71. The van der Waals surface area contributed by atoms with E-state index in [-0.39, 0.29) is 10.8 Å². The topological polar surface area (TPSA) is 9.23 Å². The predicted octanol–water partition coefficient (Wildman–Crippen LogP) is 4.56. The van der Waals surface area contributed by atoms with Gasteiger partial charge in [-0.1, -0.05) is 39.0 Å². The molecule has 0 radical (unpaired) electrons. The van der Waals surface area contributed by atoms with Gasteiger partial charge in [-0.2, -0.15) is 4.39 Å². The summed E-state index contributed by atoms with van der Waals surface area (Å²) in [6, 6.07) is 4.36. The lowest BCUT2D eigenvalue weighted by atomic mass is 9.83. The summed E-state index contributed by atoms with van der Waals surface area (Å²) in [5.41, 5.74) is -0.0923. The summed E-state index contributed by atoms with van der Waals surface area (Å²) in [6.07, 6.45) is 0. The zero-order valence-electron chi connectivity index (χ0n) is 13.8. The van der Waals surface area contributed by atoms with Gasteiger partial charge in [0.15, 0.2) is 17.4 Å². The first-order chi connectivity index (χ1) is 9.93. The van der Waals surface area contributed by atoms with Gasteiger partial charge in [0.05, 0.1) is 11.2 Å². The molecule has 0 bridgehead atoms. The molecule has 0 aromatic heterocycles. The van der Waals surface area contributed by atoms with Gasteiger partial charge in [0.1, 0.15) is 0 Å². The molecule has 0 aliphatic rings. The van der Waals surface area contributed by atoms with Crippen LogP contribution in [-0.4, -0.2) is 7.04 Å². The number of ether oxygens (including phenoxy) is 1. The standard InChI is InChI=1S/C15H15F3O/c1-15(2,3)9-7-5-6-8-10(9)14(19-4)13(18)12(17)11(8)16/h5-7H,1-4H3/i4D3. The quantitative estimate of drug-likeness (QED) is 0.691. The first-order valence-electron chi connectivity index (χ1n) is 7.22.